The predicted octanol–water partition coefficient (Wildman–Crippen LogP) is 4.14. The zero-order valence-electron chi connectivity index (χ0n) is 12.1. The van der Waals surface area contributed by atoms with Crippen molar-refractivity contribution >= 4 is 27.4 Å². The predicted molar refractivity (Wildman–Crippen MR) is 84.9 cm³/mol. The van der Waals surface area contributed by atoms with E-state index >= 15 is 0 Å². The van der Waals surface area contributed by atoms with Crippen LogP contribution in [0.2, 0.25) is 0 Å². The Morgan fingerprint density at radius 1 is 1.20 bits per heavy atom. The highest BCUT2D eigenvalue weighted by Crippen LogP contribution is 2.32. The van der Waals surface area contributed by atoms with Crippen molar-refractivity contribution < 1.29 is 4.74 Å². The minimum atomic E-state index is 0.275. The first-order valence-corrected chi connectivity index (χ1v) is 7.23. The number of nitrogens with zero attached hydrogens (tertiary/aromatic N) is 3. The average molecular weight is 336 g/mol. The van der Waals surface area contributed by atoms with Gasteiger partial charge in [-0.1, -0.05) is 26.0 Å². The van der Waals surface area contributed by atoms with Crippen molar-refractivity contribution in [3.05, 3.63) is 40.8 Å². The number of ether oxygens (including phenoxy) is 1. The number of hydrogen-bond acceptors (Lipinski definition) is 4. The summed E-state index contributed by atoms with van der Waals surface area (Å²) in [7, 11) is 3.64. The monoisotopic (exact) mass is 335 g/mol. The zero-order valence-corrected chi connectivity index (χ0v) is 13.7. The van der Waals surface area contributed by atoms with Crippen LogP contribution in [0.25, 0.3) is 0 Å². The van der Waals surface area contributed by atoms with Crippen LogP contribution in [0, 0.1) is 0 Å². The van der Waals surface area contributed by atoms with Crippen molar-refractivity contribution in [3.63, 3.8) is 0 Å². The summed E-state index contributed by atoms with van der Waals surface area (Å²) >= 11 is 3.45. The lowest BCUT2D eigenvalue weighted by Crippen LogP contribution is -2.14. The van der Waals surface area contributed by atoms with Gasteiger partial charge in [0.05, 0.1) is 12.8 Å². The van der Waals surface area contributed by atoms with Crippen LogP contribution < -0.4 is 9.64 Å². The molecule has 0 bridgehead atoms. The van der Waals surface area contributed by atoms with Crippen molar-refractivity contribution in [2.75, 3.05) is 19.1 Å². The van der Waals surface area contributed by atoms with Crippen LogP contribution in [0.1, 0.15) is 25.6 Å². The zero-order chi connectivity index (χ0) is 14.7. The summed E-state index contributed by atoms with van der Waals surface area (Å²) in [6.07, 6.45) is 0. The van der Waals surface area contributed by atoms with Crippen LogP contribution in [0.3, 0.4) is 0 Å². The number of aromatic nitrogens is 2. The molecule has 0 amide bonds. The third kappa shape index (κ3) is 3.10. The second-order valence-electron chi connectivity index (χ2n) is 4.79. The van der Waals surface area contributed by atoms with Crippen molar-refractivity contribution in [1.82, 2.24) is 9.97 Å². The van der Waals surface area contributed by atoms with E-state index in [1.807, 2.05) is 42.3 Å². The van der Waals surface area contributed by atoms with Crippen molar-refractivity contribution in [3.8, 4) is 5.75 Å². The lowest BCUT2D eigenvalue weighted by atomic mass is 10.2. The van der Waals surface area contributed by atoms with Crippen LogP contribution in [0.15, 0.2) is 34.9 Å². The number of methoxy groups -OCH3 is 1. The molecule has 0 saturated carbocycles. The van der Waals surface area contributed by atoms with E-state index in [0.717, 1.165) is 27.7 Å². The summed E-state index contributed by atoms with van der Waals surface area (Å²) < 4.78 is 6.18. The average Bonchev–Trinajstić information content (AvgIpc) is 2.45. The molecular formula is C15H18BrN3O. The number of rotatable bonds is 4. The number of hydrogen-bond donors (Lipinski definition) is 0. The molecule has 2 rings (SSSR count). The highest BCUT2D eigenvalue weighted by atomic mass is 79.9. The van der Waals surface area contributed by atoms with E-state index < -0.39 is 0 Å². The summed E-state index contributed by atoms with van der Waals surface area (Å²) in [5.74, 6) is 2.74. The first-order chi connectivity index (χ1) is 9.52. The van der Waals surface area contributed by atoms with Gasteiger partial charge in [-0.05, 0) is 28.1 Å². The van der Waals surface area contributed by atoms with Gasteiger partial charge in [-0.25, -0.2) is 9.97 Å². The number of benzene rings is 1. The first kappa shape index (κ1) is 14.8. The molecule has 2 aromatic rings. The van der Waals surface area contributed by atoms with Crippen molar-refractivity contribution in [2.24, 2.45) is 0 Å². The Kier molecular flexibility index (Phi) is 4.60. The summed E-state index contributed by atoms with van der Waals surface area (Å²) in [6, 6.07) is 9.77. The quantitative estimate of drug-likeness (QED) is 0.787. The van der Waals surface area contributed by atoms with Gasteiger partial charge in [0.1, 0.15) is 22.0 Å². The largest absolute Gasteiger partial charge is 0.495 e. The van der Waals surface area contributed by atoms with Gasteiger partial charge in [-0.3, -0.25) is 0 Å². The van der Waals surface area contributed by atoms with Crippen LogP contribution in [-0.2, 0) is 0 Å². The highest BCUT2D eigenvalue weighted by Gasteiger charge is 2.14. The van der Waals surface area contributed by atoms with Gasteiger partial charge in [0.2, 0.25) is 0 Å². The Balaban J connectivity index is 2.45. The molecule has 0 unspecified atom stereocenters. The fourth-order valence-electron chi connectivity index (χ4n) is 1.88. The summed E-state index contributed by atoms with van der Waals surface area (Å²) in [5.41, 5.74) is 0.968. The molecule has 0 aliphatic carbocycles. The van der Waals surface area contributed by atoms with E-state index in [1.165, 1.54) is 0 Å². The molecular weight excluding hydrogens is 318 g/mol. The molecule has 0 saturated heterocycles. The molecule has 4 nitrogen and oxygen atoms in total. The molecule has 0 atom stereocenters. The van der Waals surface area contributed by atoms with E-state index in [1.54, 1.807) is 7.11 Å². The minimum absolute atomic E-state index is 0.275. The molecule has 1 aromatic carbocycles. The Labute approximate surface area is 127 Å². The van der Waals surface area contributed by atoms with Gasteiger partial charge < -0.3 is 9.64 Å². The van der Waals surface area contributed by atoms with Crippen molar-refractivity contribution in [1.29, 1.82) is 0 Å². The highest BCUT2D eigenvalue weighted by molar-refractivity contribution is 9.10. The Hall–Kier alpha value is -1.62. The lowest BCUT2D eigenvalue weighted by molar-refractivity contribution is 0.415. The molecule has 0 aliphatic rings. The molecule has 0 aliphatic heterocycles. The van der Waals surface area contributed by atoms with E-state index in [2.05, 4.69) is 39.7 Å². The Bertz CT molecular complexity index is 601. The Morgan fingerprint density at radius 3 is 2.55 bits per heavy atom. The smallest absolute Gasteiger partial charge is 0.142 e. The van der Waals surface area contributed by atoms with E-state index in [-0.39, 0.29) is 5.92 Å². The van der Waals surface area contributed by atoms with Crippen LogP contribution >= 0.6 is 15.9 Å². The molecule has 0 spiro atoms. The summed E-state index contributed by atoms with van der Waals surface area (Å²) in [6.45, 7) is 4.16. The van der Waals surface area contributed by atoms with Gasteiger partial charge >= 0.3 is 0 Å². The topological polar surface area (TPSA) is 38.2 Å². The fraction of sp³-hybridized carbons (Fsp3) is 0.333. The lowest BCUT2D eigenvalue weighted by Gasteiger charge is -2.21. The normalized spacial score (nSPS) is 10.7. The third-order valence-corrected chi connectivity index (χ3v) is 3.41. The SMILES string of the molecule is COc1ccccc1N(C)c1cc(Br)nc(C(C)C)n1. The third-order valence-electron chi connectivity index (χ3n) is 3.01. The molecule has 1 heterocycles. The number of para-hydroxylation sites is 2. The minimum Gasteiger partial charge on any atom is -0.495 e. The van der Waals surface area contributed by atoms with Gasteiger partial charge in [-0.2, -0.15) is 0 Å². The van der Waals surface area contributed by atoms with E-state index in [9.17, 15) is 0 Å². The van der Waals surface area contributed by atoms with Crippen molar-refractivity contribution in [2.45, 2.75) is 19.8 Å². The summed E-state index contributed by atoms with van der Waals surface area (Å²) in [5, 5.41) is 0. The van der Waals surface area contributed by atoms with Crippen LogP contribution in [0.5, 0.6) is 5.75 Å². The molecule has 20 heavy (non-hydrogen) atoms. The Morgan fingerprint density at radius 2 is 1.90 bits per heavy atom. The number of halogens is 1. The maximum absolute atomic E-state index is 5.40. The number of anilines is 2. The van der Waals surface area contributed by atoms with E-state index in [0.29, 0.717) is 0 Å². The molecule has 5 heteroatoms. The fourth-order valence-corrected chi connectivity index (χ4v) is 2.27. The van der Waals surface area contributed by atoms with Gasteiger partial charge in [0.15, 0.2) is 0 Å². The summed E-state index contributed by atoms with van der Waals surface area (Å²) in [4.78, 5) is 11.0. The second kappa shape index (κ2) is 6.22. The van der Waals surface area contributed by atoms with Gasteiger partial charge in [0, 0.05) is 19.0 Å². The maximum atomic E-state index is 5.40. The molecule has 1 aromatic heterocycles. The van der Waals surface area contributed by atoms with Gasteiger partial charge in [-0.15, -0.1) is 0 Å². The second-order valence-corrected chi connectivity index (χ2v) is 5.61. The van der Waals surface area contributed by atoms with Crippen LogP contribution in [0.4, 0.5) is 11.5 Å². The van der Waals surface area contributed by atoms with Gasteiger partial charge in [0.25, 0.3) is 0 Å². The standard InChI is InChI=1S/C15H18BrN3O/c1-10(2)15-17-13(16)9-14(18-15)19(3)11-7-5-6-8-12(11)20-4/h5-10H,1-4H3. The molecule has 0 radical (unpaired) electrons. The molecule has 0 N–H and O–H groups in total. The molecule has 106 valence electrons. The van der Waals surface area contributed by atoms with Crippen LogP contribution in [-0.4, -0.2) is 24.1 Å². The maximum Gasteiger partial charge on any atom is 0.142 e. The molecule has 0 fully saturated rings. The first-order valence-electron chi connectivity index (χ1n) is 6.44. The van der Waals surface area contributed by atoms with E-state index in [4.69, 9.17) is 4.74 Å².